The first-order valence-electron chi connectivity index (χ1n) is 10.4. The first-order chi connectivity index (χ1) is 16.0. The third-order valence-electron chi connectivity index (χ3n) is 4.96. The average molecular weight is 466 g/mol. The molecule has 0 radical (unpaired) electrons. The number of hydrogen-bond acceptors (Lipinski definition) is 5. The van der Waals surface area contributed by atoms with E-state index >= 15 is 0 Å². The highest BCUT2D eigenvalue weighted by molar-refractivity contribution is 6.32. The molecule has 5 nitrogen and oxygen atoms in total. The molecule has 3 aromatic rings. The molecule has 0 unspecified atom stereocenters. The van der Waals surface area contributed by atoms with Gasteiger partial charge in [0.2, 0.25) is 5.90 Å². The van der Waals surface area contributed by atoms with Crippen molar-refractivity contribution in [3.8, 4) is 11.5 Å². The Morgan fingerprint density at radius 2 is 1.85 bits per heavy atom. The zero-order valence-electron chi connectivity index (χ0n) is 18.1. The molecule has 33 heavy (non-hydrogen) atoms. The number of halogens is 2. The van der Waals surface area contributed by atoms with Gasteiger partial charge in [0, 0.05) is 11.1 Å². The van der Waals surface area contributed by atoms with Crippen molar-refractivity contribution >= 4 is 29.5 Å². The quantitative estimate of drug-likeness (QED) is 0.312. The number of cyclic esters (lactones) is 1. The molecule has 0 aliphatic carbocycles. The van der Waals surface area contributed by atoms with Gasteiger partial charge in [-0.3, -0.25) is 0 Å². The van der Waals surface area contributed by atoms with Gasteiger partial charge in [-0.1, -0.05) is 48.0 Å². The van der Waals surface area contributed by atoms with Crippen molar-refractivity contribution in [2.45, 2.75) is 20.5 Å². The summed E-state index contributed by atoms with van der Waals surface area (Å²) in [4.78, 5) is 16.8. The molecule has 0 spiro atoms. The second-order valence-electron chi connectivity index (χ2n) is 7.29. The predicted octanol–water partition coefficient (Wildman–Crippen LogP) is 6.11. The Morgan fingerprint density at radius 1 is 1.09 bits per heavy atom. The normalized spacial score (nSPS) is 14.2. The highest BCUT2D eigenvalue weighted by Gasteiger charge is 2.25. The molecule has 0 N–H and O–H groups in total. The van der Waals surface area contributed by atoms with E-state index in [1.54, 1.807) is 36.4 Å². The van der Waals surface area contributed by atoms with E-state index in [4.69, 9.17) is 25.8 Å². The first-order valence-corrected chi connectivity index (χ1v) is 10.7. The Balaban J connectivity index is 1.63. The summed E-state index contributed by atoms with van der Waals surface area (Å²) >= 11 is 6.46. The molecule has 0 fully saturated rings. The monoisotopic (exact) mass is 465 g/mol. The summed E-state index contributed by atoms with van der Waals surface area (Å²) in [7, 11) is 0. The maximum absolute atomic E-state index is 13.9. The largest absolute Gasteiger partial charge is 0.490 e. The van der Waals surface area contributed by atoms with Gasteiger partial charge in [0.05, 0.1) is 11.6 Å². The van der Waals surface area contributed by atoms with Crippen LogP contribution in [0.4, 0.5) is 4.39 Å². The van der Waals surface area contributed by atoms with E-state index in [0.29, 0.717) is 29.2 Å². The van der Waals surface area contributed by atoms with Crippen LogP contribution in [0, 0.1) is 12.7 Å². The zero-order chi connectivity index (χ0) is 23.4. The van der Waals surface area contributed by atoms with Gasteiger partial charge >= 0.3 is 5.97 Å². The Labute approximate surface area is 196 Å². The van der Waals surface area contributed by atoms with Crippen LogP contribution < -0.4 is 9.47 Å². The van der Waals surface area contributed by atoms with Gasteiger partial charge in [-0.05, 0) is 55.3 Å². The molecule has 3 aromatic carbocycles. The fourth-order valence-corrected chi connectivity index (χ4v) is 3.61. The summed E-state index contributed by atoms with van der Waals surface area (Å²) in [5.41, 5.74) is 2.83. The molecule has 1 aliphatic heterocycles. The Kier molecular flexibility index (Phi) is 6.75. The predicted molar refractivity (Wildman–Crippen MR) is 125 cm³/mol. The van der Waals surface area contributed by atoms with Crippen molar-refractivity contribution in [1.82, 2.24) is 0 Å². The van der Waals surface area contributed by atoms with Gasteiger partial charge in [0.25, 0.3) is 0 Å². The van der Waals surface area contributed by atoms with Crippen LogP contribution in [0.15, 0.2) is 71.4 Å². The minimum Gasteiger partial charge on any atom is -0.490 e. The van der Waals surface area contributed by atoms with E-state index < -0.39 is 5.97 Å². The number of ether oxygens (including phenoxy) is 3. The van der Waals surface area contributed by atoms with Gasteiger partial charge in [0.15, 0.2) is 17.2 Å². The van der Waals surface area contributed by atoms with Gasteiger partial charge in [-0.25, -0.2) is 14.2 Å². The van der Waals surface area contributed by atoms with Crippen molar-refractivity contribution in [2.75, 3.05) is 6.61 Å². The highest BCUT2D eigenvalue weighted by Crippen LogP contribution is 2.38. The fraction of sp³-hybridized carbons (Fsp3) is 0.154. The maximum Gasteiger partial charge on any atom is 0.363 e. The highest BCUT2D eigenvalue weighted by atomic mass is 35.5. The minimum absolute atomic E-state index is 0.0106. The second kappa shape index (κ2) is 9.88. The standard InChI is InChI=1S/C26H21ClFNO4/c1-3-31-23-14-17(12-20(27)24(23)32-15-18-9-5-7-11-21(18)28)13-22-26(30)33-25(29-22)19-10-6-4-8-16(19)2/h4-14H,3,15H2,1-2H3/b22-13-. The summed E-state index contributed by atoms with van der Waals surface area (Å²) in [5.74, 6) is 0.00668. The van der Waals surface area contributed by atoms with Crippen LogP contribution in [-0.2, 0) is 16.1 Å². The molecule has 1 aliphatic rings. The van der Waals surface area contributed by atoms with E-state index in [-0.39, 0.29) is 29.0 Å². The van der Waals surface area contributed by atoms with Crippen LogP contribution in [0.3, 0.4) is 0 Å². The van der Waals surface area contributed by atoms with Crippen molar-refractivity contribution in [1.29, 1.82) is 0 Å². The molecule has 0 atom stereocenters. The number of nitrogens with zero attached hydrogens (tertiary/aromatic N) is 1. The number of benzene rings is 3. The van der Waals surface area contributed by atoms with Crippen molar-refractivity contribution < 1.29 is 23.4 Å². The Morgan fingerprint density at radius 3 is 2.61 bits per heavy atom. The molecule has 1 heterocycles. The molecular weight excluding hydrogens is 445 g/mol. The van der Waals surface area contributed by atoms with E-state index in [2.05, 4.69) is 4.99 Å². The molecule has 7 heteroatoms. The molecular formula is C26H21ClFNO4. The number of esters is 1. The Hall–Kier alpha value is -3.64. The van der Waals surface area contributed by atoms with Crippen molar-refractivity contribution in [3.05, 3.63) is 99.5 Å². The number of aryl methyl sites for hydroxylation is 1. The first kappa shape index (κ1) is 22.6. The minimum atomic E-state index is -0.554. The van der Waals surface area contributed by atoms with Crippen molar-refractivity contribution in [3.63, 3.8) is 0 Å². The molecule has 0 saturated heterocycles. The number of carbonyl (C=O) groups excluding carboxylic acids is 1. The third kappa shape index (κ3) is 5.07. The van der Waals surface area contributed by atoms with Crippen molar-refractivity contribution in [2.24, 2.45) is 4.99 Å². The second-order valence-corrected chi connectivity index (χ2v) is 7.70. The molecule has 4 rings (SSSR count). The van der Waals surface area contributed by atoms with E-state index in [1.165, 1.54) is 6.07 Å². The van der Waals surface area contributed by atoms with Crippen LogP contribution in [0.5, 0.6) is 11.5 Å². The molecule has 0 bridgehead atoms. The number of hydrogen-bond donors (Lipinski definition) is 0. The van der Waals surface area contributed by atoms with Crippen LogP contribution in [0.25, 0.3) is 6.08 Å². The van der Waals surface area contributed by atoms with Gasteiger partial charge in [0.1, 0.15) is 12.4 Å². The topological polar surface area (TPSA) is 57.1 Å². The summed E-state index contributed by atoms with van der Waals surface area (Å²) in [6.45, 7) is 4.10. The fourth-order valence-electron chi connectivity index (χ4n) is 3.33. The number of carbonyl (C=O) groups is 1. The van der Waals surface area contributed by atoms with E-state index in [1.807, 2.05) is 38.1 Å². The summed E-state index contributed by atoms with van der Waals surface area (Å²) in [6.07, 6.45) is 1.57. The SMILES string of the molecule is CCOc1cc(/C=C2\N=C(c3ccccc3C)OC2=O)cc(Cl)c1OCc1ccccc1F. The zero-order valence-corrected chi connectivity index (χ0v) is 18.9. The lowest BCUT2D eigenvalue weighted by Gasteiger charge is -2.15. The molecule has 0 aromatic heterocycles. The summed E-state index contributed by atoms with van der Waals surface area (Å²) < 4.78 is 30.8. The van der Waals surface area contributed by atoms with Crippen LogP contribution in [-0.4, -0.2) is 18.5 Å². The average Bonchev–Trinajstić information content (AvgIpc) is 3.14. The van der Waals surface area contributed by atoms with Gasteiger partial charge < -0.3 is 14.2 Å². The molecule has 168 valence electrons. The lowest BCUT2D eigenvalue weighted by atomic mass is 10.1. The smallest absolute Gasteiger partial charge is 0.363 e. The summed E-state index contributed by atoms with van der Waals surface area (Å²) in [5, 5.41) is 0.263. The van der Waals surface area contributed by atoms with Crippen LogP contribution in [0.1, 0.15) is 29.2 Å². The van der Waals surface area contributed by atoms with Crippen LogP contribution in [0.2, 0.25) is 5.02 Å². The third-order valence-corrected chi connectivity index (χ3v) is 5.24. The number of rotatable bonds is 7. The molecule has 0 amide bonds. The lowest BCUT2D eigenvalue weighted by molar-refractivity contribution is -0.129. The van der Waals surface area contributed by atoms with E-state index in [9.17, 15) is 9.18 Å². The van der Waals surface area contributed by atoms with Gasteiger partial charge in [-0.15, -0.1) is 0 Å². The van der Waals surface area contributed by atoms with E-state index in [0.717, 1.165) is 11.1 Å². The molecule has 0 saturated carbocycles. The maximum atomic E-state index is 13.9. The van der Waals surface area contributed by atoms with Gasteiger partial charge in [-0.2, -0.15) is 0 Å². The lowest BCUT2D eigenvalue weighted by Crippen LogP contribution is -2.06. The Bertz CT molecular complexity index is 1270. The summed E-state index contributed by atoms with van der Waals surface area (Å²) in [6, 6.07) is 17.2. The number of aliphatic imine (C=N–C) groups is 1. The van der Waals surface area contributed by atoms with Crippen LogP contribution >= 0.6 is 11.6 Å².